The van der Waals surface area contributed by atoms with Crippen LogP contribution in [-0.2, 0) is 4.74 Å². The molecular formula is C8H16N2O2S. The summed E-state index contributed by atoms with van der Waals surface area (Å²) < 4.78 is 5.07. The molecule has 0 spiro atoms. The largest absolute Gasteiger partial charge is 0.443 e. The van der Waals surface area contributed by atoms with Crippen LogP contribution in [0.2, 0.25) is 0 Å². The van der Waals surface area contributed by atoms with E-state index >= 15 is 0 Å². The number of nitrogens with two attached hydrogens (primary N) is 1. The maximum atomic E-state index is 11.4. The summed E-state index contributed by atoms with van der Waals surface area (Å²) >= 11 is 4.68. The summed E-state index contributed by atoms with van der Waals surface area (Å²) in [6.07, 6.45) is -0.498. The molecule has 4 nitrogen and oxygen atoms in total. The predicted molar refractivity (Wildman–Crippen MR) is 55.4 cm³/mol. The van der Waals surface area contributed by atoms with Crippen molar-refractivity contribution in [2.24, 2.45) is 5.73 Å². The van der Waals surface area contributed by atoms with Crippen molar-refractivity contribution < 1.29 is 9.53 Å². The summed E-state index contributed by atoms with van der Waals surface area (Å²) in [5.74, 6) is 0. The van der Waals surface area contributed by atoms with Crippen LogP contribution < -0.4 is 5.73 Å². The number of hydrogen-bond acceptors (Lipinski definition) is 3. The van der Waals surface area contributed by atoms with Gasteiger partial charge >= 0.3 is 6.09 Å². The fourth-order valence-electron chi connectivity index (χ4n) is 0.692. The minimum atomic E-state index is -0.519. The molecule has 0 unspecified atom stereocenters. The van der Waals surface area contributed by atoms with E-state index in [2.05, 4.69) is 12.2 Å². The Hall–Kier alpha value is -0.840. The molecule has 0 aliphatic rings. The van der Waals surface area contributed by atoms with Crippen LogP contribution in [0.3, 0.4) is 0 Å². The zero-order chi connectivity index (χ0) is 10.6. The van der Waals surface area contributed by atoms with Crippen molar-refractivity contribution in [2.75, 3.05) is 6.54 Å². The van der Waals surface area contributed by atoms with Gasteiger partial charge < -0.3 is 10.5 Å². The fourth-order valence-corrected chi connectivity index (χ4v) is 0.896. The minimum absolute atomic E-state index is 0.0387. The van der Waals surface area contributed by atoms with Crippen LogP contribution in [0.4, 0.5) is 4.79 Å². The van der Waals surface area contributed by atoms with Crippen LogP contribution in [-0.4, -0.2) is 28.3 Å². The van der Waals surface area contributed by atoms with Crippen molar-refractivity contribution in [3.8, 4) is 0 Å². The van der Waals surface area contributed by atoms with E-state index < -0.39 is 11.7 Å². The molecule has 0 aromatic rings. The summed E-state index contributed by atoms with van der Waals surface area (Å²) in [6.45, 7) is 7.57. The zero-order valence-electron chi connectivity index (χ0n) is 8.46. The average Bonchev–Trinajstić information content (AvgIpc) is 1.82. The Morgan fingerprint density at radius 3 is 2.23 bits per heavy atom. The third-order valence-corrected chi connectivity index (χ3v) is 1.42. The maximum Gasteiger partial charge on any atom is 0.416 e. The first kappa shape index (κ1) is 12.2. The highest BCUT2D eigenvalue weighted by Crippen LogP contribution is 2.09. The summed E-state index contributed by atoms with van der Waals surface area (Å²) in [5.41, 5.74) is 4.80. The number of carbonyl (C=O) groups excluding carboxylic acids is 1. The smallest absolute Gasteiger partial charge is 0.416 e. The first-order valence-electron chi connectivity index (χ1n) is 4.08. The van der Waals surface area contributed by atoms with Crippen LogP contribution in [0.5, 0.6) is 0 Å². The van der Waals surface area contributed by atoms with E-state index in [0.717, 1.165) is 0 Å². The molecule has 0 atom stereocenters. The molecule has 0 bridgehead atoms. The standard InChI is InChI=1S/C8H16N2O2S/c1-5-10(6(9)13)7(11)12-8(2,3)4/h5H2,1-4H3,(H2,9,13). The average molecular weight is 204 g/mol. The van der Waals surface area contributed by atoms with Crippen molar-refractivity contribution in [3.05, 3.63) is 0 Å². The van der Waals surface area contributed by atoms with Crippen LogP contribution in [0.1, 0.15) is 27.7 Å². The topological polar surface area (TPSA) is 55.6 Å². The molecule has 0 saturated carbocycles. The van der Waals surface area contributed by atoms with Crippen molar-refractivity contribution in [3.63, 3.8) is 0 Å². The van der Waals surface area contributed by atoms with Gasteiger partial charge in [-0.15, -0.1) is 0 Å². The van der Waals surface area contributed by atoms with Gasteiger partial charge in [0.1, 0.15) is 5.60 Å². The summed E-state index contributed by atoms with van der Waals surface area (Å²) in [5, 5.41) is 0.0387. The van der Waals surface area contributed by atoms with Gasteiger partial charge in [0.05, 0.1) is 0 Å². The van der Waals surface area contributed by atoms with Crippen LogP contribution in [0.15, 0.2) is 0 Å². The van der Waals surface area contributed by atoms with E-state index in [1.807, 2.05) is 0 Å². The molecule has 76 valence electrons. The Morgan fingerprint density at radius 2 is 2.00 bits per heavy atom. The van der Waals surface area contributed by atoms with E-state index in [1.165, 1.54) is 4.90 Å². The Bertz CT molecular complexity index is 211. The zero-order valence-corrected chi connectivity index (χ0v) is 9.27. The van der Waals surface area contributed by atoms with Gasteiger partial charge in [-0.2, -0.15) is 0 Å². The monoisotopic (exact) mass is 204 g/mol. The maximum absolute atomic E-state index is 11.4. The van der Waals surface area contributed by atoms with Crippen LogP contribution in [0.25, 0.3) is 0 Å². The molecule has 5 heteroatoms. The van der Waals surface area contributed by atoms with Gasteiger partial charge in [0.2, 0.25) is 0 Å². The summed E-state index contributed by atoms with van der Waals surface area (Å²) in [6, 6.07) is 0. The first-order chi connectivity index (χ1) is 5.78. The Balaban J connectivity index is 4.32. The fraction of sp³-hybridized carbons (Fsp3) is 0.750. The second-order valence-corrected chi connectivity index (χ2v) is 3.98. The van der Waals surface area contributed by atoms with Gasteiger partial charge in [-0.3, -0.25) is 4.90 Å². The molecule has 0 aliphatic heterocycles. The van der Waals surface area contributed by atoms with Gasteiger partial charge in [0, 0.05) is 6.54 Å². The SMILES string of the molecule is CCN(C(=O)OC(C)(C)C)C(N)=S. The molecule has 0 aliphatic carbocycles. The quantitative estimate of drug-likeness (QED) is 0.657. The molecule has 0 aromatic carbocycles. The lowest BCUT2D eigenvalue weighted by molar-refractivity contribution is 0.0378. The summed E-state index contributed by atoms with van der Waals surface area (Å²) in [4.78, 5) is 12.6. The third-order valence-electron chi connectivity index (χ3n) is 1.20. The molecule has 13 heavy (non-hydrogen) atoms. The minimum Gasteiger partial charge on any atom is -0.443 e. The van der Waals surface area contributed by atoms with Gasteiger partial charge in [-0.1, -0.05) is 0 Å². The number of carbonyl (C=O) groups is 1. The van der Waals surface area contributed by atoms with E-state index in [1.54, 1.807) is 27.7 Å². The van der Waals surface area contributed by atoms with Crippen molar-refractivity contribution >= 4 is 23.4 Å². The highest BCUT2D eigenvalue weighted by molar-refractivity contribution is 7.80. The Labute approximate surface area is 84.0 Å². The van der Waals surface area contributed by atoms with Gasteiger partial charge in [-0.05, 0) is 39.9 Å². The molecule has 0 fully saturated rings. The first-order valence-corrected chi connectivity index (χ1v) is 4.48. The molecule has 0 saturated heterocycles. The summed E-state index contributed by atoms with van der Waals surface area (Å²) in [7, 11) is 0. The predicted octanol–water partition coefficient (Wildman–Crippen LogP) is 1.49. The molecule has 0 aromatic heterocycles. The molecular weight excluding hydrogens is 188 g/mol. The van der Waals surface area contributed by atoms with E-state index in [9.17, 15) is 4.79 Å². The molecule has 2 N–H and O–H groups in total. The van der Waals surface area contributed by atoms with Crippen molar-refractivity contribution in [1.29, 1.82) is 0 Å². The van der Waals surface area contributed by atoms with Crippen molar-refractivity contribution in [2.45, 2.75) is 33.3 Å². The van der Waals surface area contributed by atoms with Crippen LogP contribution in [0, 0.1) is 0 Å². The molecule has 0 radical (unpaired) electrons. The number of rotatable bonds is 1. The Morgan fingerprint density at radius 1 is 1.54 bits per heavy atom. The highest BCUT2D eigenvalue weighted by atomic mass is 32.1. The molecule has 1 amide bonds. The van der Waals surface area contributed by atoms with Crippen LogP contribution >= 0.6 is 12.2 Å². The number of thiocarbonyl (C=S) groups is 1. The van der Waals surface area contributed by atoms with E-state index in [-0.39, 0.29) is 5.11 Å². The second-order valence-electron chi connectivity index (χ2n) is 3.56. The lowest BCUT2D eigenvalue weighted by atomic mass is 10.2. The van der Waals surface area contributed by atoms with Crippen molar-refractivity contribution in [1.82, 2.24) is 4.90 Å². The van der Waals surface area contributed by atoms with Gasteiger partial charge in [0.15, 0.2) is 5.11 Å². The number of amides is 1. The molecule has 0 heterocycles. The number of hydrogen-bond donors (Lipinski definition) is 1. The molecule has 0 rings (SSSR count). The van der Waals surface area contributed by atoms with Gasteiger partial charge in [-0.25, -0.2) is 4.79 Å². The van der Waals surface area contributed by atoms with E-state index in [4.69, 9.17) is 10.5 Å². The third kappa shape index (κ3) is 4.67. The highest BCUT2D eigenvalue weighted by Gasteiger charge is 2.22. The number of nitrogens with zero attached hydrogens (tertiary/aromatic N) is 1. The Kier molecular flexibility index (Phi) is 4.13. The lowest BCUT2D eigenvalue weighted by Crippen LogP contribution is -2.43. The van der Waals surface area contributed by atoms with Gasteiger partial charge in [0.25, 0.3) is 0 Å². The second kappa shape index (κ2) is 4.41. The normalized spacial score (nSPS) is 10.8. The number of ether oxygens (including phenoxy) is 1. The lowest BCUT2D eigenvalue weighted by Gasteiger charge is -2.25. The van der Waals surface area contributed by atoms with E-state index in [0.29, 0.717) is 6.54 Å².